The van der Waals surface area contributed by atoms with Gasteiger partial charge in [0.25, 0.3) is 0 Å². The maximum absolute atomic E-state index is 12.8. The lowest BCUT2D eigenvalue weighted by Crippen LogP contribution is -2.53. The van der Waals surface area contributed by atoms with E-state index in [0.29, 0.717) is 11.6 Å². The molecule has 0 aliphatic carbocycles. The molecule has 1 saturated heterocycles. The zero-order valence-corrected chi connectivity index (χ0v) is 15.8. The van der Waals surface area contributed by atoms with Gasteiger partial charge in [-0.1, -0.05) is 82.2 Å². The van der Waals surface area contributed by atoms with Crippen molar-refractivity contribution in [2.75, 3.05) is 0 Å². The van der Waals surface area contributed by atoms with Gasteiger partial charge in [0.2, 0.25) is 5.91 Å². The number of carbonyl (C=O) groups is 1. The second-order valence-electron chi connectivity index (χ2n) is 7.57. The van der Waals surface area contributed by atoms with E-state index >= 15 is 0 Å². The van der Waals surface area contributed by atoms with Crippen LogP contribution in [0.4, 0.5) is 0 Å². The zero-order chi connectivity index (χ0) is 16.4. The van der Waals surface area contributed by atoms with Crippen LogP contribution in [-0.2, 0) is 4.79 Å². The molecule has 1 fully saturated rings. The molecule has 22 heavy (non-hydrogen) atoms. The molecule has 122 valence electrons. The Morgan fingerprint density at radius 3 is 2.36 bits per heavy atom. The predicted molar refractivity (Wildman–Crippen MR) is 97.2 cm³/mol. The average Bonchev–Trinajstić information content (AvgIpc) is 2.78. The minimum Gasteiger partial charge on any atom is -0.353 e. The largest absolute Gasteiger partial charge is 0.353 e. The zero-order valence-electron chi connectivity index (χ0n) is 14.8. The molecule has 0 radical (unpaired) electrons. The Bertz CT molecular complexity index is 513. The molecule has 1 aromatic carbocycles. The molecule has 2 rings (SSSR count). The van der Waals surface area contributed by atoms with Crippen molar-refractivity contribution < 1.29 is 4.79 Å². The van der Waals surface area contributed by atoms with Gasteiger partial charge >= 0.3 is 0 Å². The van der Waals surface area contributed by atoms with Gasteiger partial charge in [-0.25, -0.2) is 0 Å². The first kappa shape index (κ1) is 17.3. The smallest absolute Gasteiger partial charge is 0.226 e. The van der Waals surface area contributed by atoms with Crippen LogP contribution in [0.2, 0.25) is 18.6 Å². The topological polar surface area (TPSA) is 29.1 Å². The number of hydrogen-bond donors (Lipinski definition) is 1. The Morgan fingerprint density at radius 1 is 1.18 bits per heavy atom. The Labute approximate surface area is 136 Å². The summed E-state index contributed by atoms with van der Waals surface area (Å²) in [6, 6.07) is 11.2. The molecule has 3 atom stereocenters. The van der Waals surface area contributed by atoms with Crippen LogP contribution in [0.15, 0.2) is 30.3 Å². The van der Waals surface area contributed by atoms with Crippen molar-refractivity contribution in [1.29, 1.82) is 0 Å². The lowest BCUT2D eigenvalue weighted by molar-refractivity contribution is -0.127. The van der Waals surface area contributed by atoms with Crippen LogP contribution in [0.1, 0.15) is 46.5 Å². The van der Waals surface area contributed by atoms with Crippen LogP contribution in [-0.4, -0.2) is 20.0 Å². The van der Waals surface area contributed by atoms with Crippen molar-refractivity contribution in [3.8, 4) is 0 Å². The molecule has 1 aromatic rings. The van der Waals surface area contributed by atoms with E-state index in [9.17, 15) is 4.79 Å². The van der Waals surface area contributed by atoms with Gasteiger partial charge in [0.1, 0.15) is 0 Å². The minimum atomic E-state index is -1.74. The number of rotatable bonds is 6. The van der Waals surface area contributed by atoms with Gasteiger partial charge in [0, 0.05) is 11.5 Å². The highest BCUT2D eigenvalue weighted by Gasteiger charge is 2.57. The number of hydrogen-bond acceptors (Lipinski definition) is 1. The molecule has 2 nitrogen and oxygen atoms in total. The summed E-state index contributed by atoms with van der Waals surface area (Å²) >= 11 is 0. The van der Waals surface area contributed by atoms with Crippen LogP contribution in [0.25, 0.3) is 0 Å². The summed E-state index contributed by atoms with van der Waals surface area (Å²) in [5.74, 6) is 0.286. The van der Waals surface area contributed by atoms with E-state index in [1.165, 1.54) is 5.19 Å². The molecule has 1 heterocycles. The maximum Gasteiger partial charge on any atom is 0.226 e. The third-order valence-electron chi connectivity index (χ3n) is 5.71. The predicted octanol–water partition coefficient (Wildman–Crippen LogP) is 4.08. The van der Waals surface area contributed by atoms with Gasteiger partial charge in [-0.2, -0.15) is 0 Å². The molecule has 3 heteroatoms. The standard InChI is InChI=1S/C19H31NOSi/c1-6-8-14-19(3)17(16(7-2)20-18(19)21)22(4,5)15-12-10-9-11-13-15/h9-13,16-17H,6-8,14H2,1-5H3,(H,20,21)/t16-,17-,19+/m1/s1. The number of benzene rings is 1. The lowest BCUT2D eigenvalue weighted by Gasteiger charge is -2.41. The SMILES string of the molecule is CCCC[C@]1(C)C(=O)N[C@H](CC)[C@H]1[Si](C)(C)c1ccccc1. The van der Waals surface area contributed by atoms with E-state index in [2.05, 4.69) is 69.5 Å². The summed E-state index contributed by atoms with van der Waals surface area (Å²) in [5.41, 5.74) is 0.258. The Hall–Kier alpha value is -1.09. The first-order chi connectivity index (χ1) is 10.4. The molecule has 0 spiro atoms. The monoisotopic (exact) mass is 317 g/mol. The Kier molecular flexibility index (Phi) is 5.16. The highest BCUT2D eigenvalue weighted by Crippen LogP contribution is 2.50. The quantitative estimate of drug-likeness (QED) is 0.787. The molecule has 1 N–H and O–H groups in total. The summed E-state index contributed by atoms with van der Waals surface area (Å²) in [4.78, 5) is 12.8. The first-order valence-electron chi connectivity index (χ1n) is 8.74. The van der Waals surface area contributed by atoms with Gasteiger partial charge in [-0.3, -0.25) is 4.79 Å². The third kappa shape index (κ3) is 2.88. The molecule has 0 bridgehead atoms. The summed E-state index contributed by atoms with van der Waals surface area (Å²) < 4.78 is 0. The van der Waals surface area contributed by atoms with E-state index < -0.39 is 8.07 Å². The molecule has 0 aromatic heterocycles. The second kappa shape index (κ2) is 6.57. The molecular weight excluding hydrogens is 286 g/mol. The maximum atomic E-state index is 12.8. The van der Waals surface area contributed by atoms with E-state index in [4.69, 9.17) is 0 Å². The van der Waals surface area contributed by atoms with Crippen LogP contribution in [0.3, 0.4) is 0 Å². The van der Waals surface area contributed by atoms with Gasteiger partial charge in [0.15, 0.2) is 0 Å². The molecule has 0 unspecified atom stereocenters. The van der Waals surface area contributed by atoms with Crippen LogP contribution in [0.5, 0.6) is 0 Å². The molecule has 1 amide bonds. The number of nitrogens with one attached hydrogen (secondary N) is 1. The first-order valence-corrected chi connectivity index (χ1v) is 11.8. The van der Waals surface area contributed by atoms with Crippen LogP contribution < -0.4 is 10.5 Å². The highest BCUT2D eigenvalue weighted by molar-refractivity contribution is 6.91. The molecule has 1 aliphatic heterocycles. The molecular formula is C19H31NOSi. The summed E-state index contributed by atoms with van der Waals surface area (Å²) in [5, 5.41) is 4.79. The van der Waals surface area contributed by atoms with Gasteiger partial charge in [-0.05, 0) is 18.4 Å². The van der Waals surface area contributed by atoms with Crippen LogP contribution >= 0.6 is 0 Å². The van der Waals surface area contributed by atoms with E-state index in [-0.39, 0.29) is 11.3 Å². The Balaban J connectivity index is 2.44. The summed E-state index contributed by atoms with van der Waals surface area (Å²) in [6.45, 7) is 11.5. The number of carbonyl (C=O) groups excluding carboxylic acids is 1. The van der Waals surface area contributed by atoms with E-state index in [1.54, 1.807) is 0 Å². The van der Waals surface area contributed by atoms with Gasteiger partial charge in [0.05, 0.1) is 8.07 Å². The molecule has 0 saturated carbocycles. The summed E-state index contributed by atoms with van der Waals surface area (Å²) in [6.07, 6.45) is 4.33. The van der Waals surface area contributed by atoms with Crippen molar-refractivity contribution in [2.24, 2.45) is 5.41 Å². The van der Waals surface area contributed by atoms with Crippen molar-refractivity contribution in [3.63, 3.8) is 0 Å². The van der Waals surface area contributed by atoms with Crippen molar-refractivity contribution in [3.05, 3.63) is 30.3 Å². The third-order valence-corrected chi connectivity index (χ3v) is 10.1. The normalized spacial score (nSPS) is 28.7. The minimum absolute atomic E-state index is 0.206. The fraction of sp³-hybridized carbons (Fsp3) is 0.632. The number of amides is 1. The fourth-order valence-electron chi connectivity index (χ4n) is 4.50. The van der Waals surface area contributed by atoms with Gasteiger partial charge in [-0.15, -0.1) is 0 Å². The number of unbranched alkanes of at least 4 members (excludes halogenated alkanes) is 1. The van der Waals surface area contributed by atoms with Crippen molar-refractivity contribution in [1.82, 2.24) is 5.32 Å². The Morgan fingerprint density at radius 2 is 1.82 bits per heavy atom. The van der Waals surface area contributed by atoms with Crippen molar-refractivity contribution in [2.45, 2.75) is 71.1 Å². The average molecular weight is 318 g/mol. The lowest BCUT2D eigenvalue weighted by atomic mass is 9.81. The molecule has 1 aliphatic rings. The summed E-state index contributed by atoms with van der Waals surface area (Å²) in [7, 11) is -1.74. The van der Waals surface area contributed by atoms with E-state index in [0.717, 1.165) is 25.7 Å². The van der Waals surface area contributed by atoms with Gasteiger partial charge < -0.3 is 5.32 Å². The highest BCUT2D eigenvalue weighted by atomic mass is 28.3. The van der Waals surface area contributed by atoms with Crippen molar-refractivity contribution >= 4 is 19.2 Å². The van der Waals surface area contributed by atoms with E-state index in [1.807, 2.05) is 0 Å². The fourth-order valence-corrected chi connectivity index (χ4v) is 9.10. The van der Waals surface area contributed by atoms with Crippen LogP contribution in [0, 0.1) is 5.41 Å². The second-order valence-corrected chi connectivity index (χ2v) is 12.2.